The van der Waals surface area contributed by atoms with Gasteiger partial charge in [0, 0.05) is 5.69 Å². The van der Waals surface area contributed by atoms with Gasteiger partial charge < -0.3 is 15.2 Å². The van der Waals surface area contributed by atoms with Gasteiger partial charge >= 0.3 is 0 Å². The number of carbonyl (C=O) groups is 1. The number of hydrogen-bond acceptors (Lipinski definition) is 3. The predicted octanol–water partition coefficient (Wildman–Crippen LogP) is 2.80. The molecule has 2 N–H and O–H groups in total. The van der Waals surface area contributed by atoms with Crippen LogP contribution in [-0.4, -0.2) is 23.2 Å². The van der Waals surface area contributed by atoms with Crippen LogP contribution in [0.1, 0.15) is 20.8 Å². The first-order valence-corrected chi connectivity index (χ1v) is 5.58. The van der Waals surface area contributed by atoms with Gasteiger partial charge in [0.15, 0.2) is 0 Å². The Morgan fingerprint density at radius 3 is 2.65 bits per heavy atom. The summed E-state index contributed by atoms with van der Waals surface area (Å²) in [6, 6.07) is 4.46. The zero-order valence-electron chi connectivity index (χ0n) is 10.1. The fourth-order valence-electron chi connectivity index (χ4n) is 1.06. The Bertz CT molecular complexity index is 413. The first-order valence-electron chi connectivity index (χ1n) is 5.20. The van der Waals surface area contributed by atoms with Crippen LogP contribution in [0.3, 0.4) is 0 Å². The molecule has 0 spiro atoms. The highest BCUT2D eigenvalue weighted by Gasteiger charge is 2.13. The molecular weight excluding hydrogens is 242 g/mol. The van der Waals surface area contributed by atoms with Crippen molar-refractivity contribution in [2.45, 2.75) is 26.4 Å². The Labute approximate surface area is 106 Å². The molecular formula is C12H16ClNO3. The summed E-state index contributed by atoms with van der Waals surface area (Å²) in [5.74, 6) is -0.280. The Morgan fingerprint density at radius 1 is 1.47 bits per heavy atom. The van der Waals surface area contributed by atoms with Gasteiger partial charge in [-0.05, 0) is 39.0 Å². The minimum Gasteiger partial charge on any atom is -0.506 e. The Balaban J connectivity index is 2.54. The lowest BCUT2D eigenvalue weighted by atomic mass is 10.2. The molecule has 1 aromatic carbocycles. The number of halogens is 1. The normalized spacial score (nSPS) is 11.3. The lowest BCUT2D eigenvalue weighted by molar-refractivity contribution is -0.125. The SMILES string of the molecule is CC(C)(C)OCC(=O)Nc1ccc(O)c(Cl)c1. The van der Waals surface area contributed by atoms with E-state index < -0.39 is 0 Å². The van der Waals surface area contributed by atoms with E-state index in [0.29, 0.717) is 5.69 Å². The fraction of sp³-hybridized carbons (Fsp3) is 0.417. The second kappa shape index (κ2) is 5.38. The van der Waals surface area contributed by atoms with Crippen LogP contribution in [0, 0.1) is 0 Å². The first-order chi connectivity index (χ1) is 7.78. The minimum atomic E-state index is -0.357. The molecule has 4 nitrogen and oxygen atoms in total. The van der Waals surface area contributed by atoms with E-state index in [1.54, 1.807) is 6.07 Å². The molecule has 0 fully saturated rings. The van der Waals surface area contributed by atoms with Crippen molar-refractivity contribution in [1.29, 1.82) is 0 Å². The summed E-state index contributed by atoms with van der Waals surface area (Å²) in [5, 5.41) is 12.0. The van der Waals surface area contributed by atoms with E-state index in [1.807, 2.05) is 20.8 Å². The number of hydrogen-bond donors (Lipinski definition) is 2. The molecule has 1 rings (SSSR count). The molecule has 0 saturated heterocycles. The number of phenolic OH excluding ortho intramolecular Hbond substituents is 1. The van der Waals surface area contributed by atoms with Crippen LogP contribution >= 0.6 is 11.6 Å². The Kier molecular flexibility index (Phi) is 4.37. The van der Waals surface area contributed by atoms with E-state index in [9.17, 15) is 9.90 Å². The Morgan fingerprint density at radius 2 is 2.12 bits per heavy atom. The van der Waals surface area contributed by atoms with Crippen molar-refractivity contribution in [3.8, 4) is 5.75 Å². The van der Waals surface area contributed by atoms with Crippen LogP contribution in [-0.2, 0) is 9.53 Å². The second-order valence-electron chi connectivity index (χ2n) is 4.62. The maximum atomic E-state index is 11.5. The molecule has 0 aliphatic heterocycles. The fourth-order valence-corrected chi connectivity index (χ4v) is 1.24. The summed E-state index contributed by atoms with van der Waals surface area (Å²) in [6.45, 7) is 5.59. The number of aromatic hydroxyl groups is 1. The molecule has 0 heterocycles. The summed E-state index contributed by atoms with van der Waals surface area (Å²) in [5.41, 5.74) is 0.166. The van der Waals surface area contributed by atoms with Crippen LogP contribution in [0.2, 0.25) is 5.02 Å². The highest BCUT2D eigenvalue weighted by molar-refractivity contribution is 6.32. The molecule has 17 heavy (non-hydrogen) atoms. The molecule has 0 aliphatic carbocycles. The zero-order valence-corrected chi connectivity index (χ0v) is 10.8. The van der Waals surface area contributed by atoms with Crippen LogP contribution in [0.4, 0.5) is 5.69 Å². The van der Waals surface area contributed by atoms with Gasteiger partial charge in [-0.2, -0.15) is 0 Å². The number of rotatable bonds is 3. The van der Waals surface area contributed by atoms with Gasteiger partial charge in [-0.25, -0.2) is 0 Å². The van der Waals surface area contributed by atoms with Crippen LogP contribution < -0.4 is 5.32 Å². The highest BCUT2D eigenvalue weighted by atomic mass is 35.5. The predicted molar refractivity (Wildman–Crippen MR) is 67.5 cm³/mol. The van der Waals surface area contributed by atoms with Gasteiger partial charge in [-0.15, -0.1) is 0 Å². The Hall–Kier alpha value is -1.26. The molecule has 0 atom stereocenters. The van der Waals surface area contributed by atoms with Crippen LogP contribution in [0.5, 0.6) is 5.75 Å². The number of phenols is 1. The first kappa shape index (κ1) is 13.8. The lowest BCUT2D eigenvalue weighted by Gasteiger charge is -2.19. The summed E-state index contributed by atoms with van der Waals surface area (Å²) >= 11 is 5.71. The third kappa shape index (κ3) is 5.06. The quantitative estimate of drug-likeness (QED) is 0.819. The van der Waals surface area contributed by atoms with Crippen molar-refractivity contribution in [2.75, 3.05) is 11.9 Å². The van der Waals surface area contributed by atoms with Gasteiger partial charge in [0.05, 0.1) is 10.6 Å². The summed E-state index contributed by atoms with van der Waals surface area (Å²) < 4.78 is 5.32. The molecule has 0 aromatic heterocycles. The topological polar surface area (TPSA) is 58.6 Å². The molecule has 0 bridgehead atoms. The minimum absolute atomic E-state index is 0.0180. The zero-order chi connectivity index (χ0) is 13.1. The molecule has 1 aromatic rings. The van der Waals surface area contributed by atoms with E-state index in [-0.39, 0.29) is 28.9 Å². The molecule has 1 amide bonds. The van der Waals surface area contributed by atoms with Crippen molar-refractivity contribution < 1.29 is 14.6 Å². The summed E-state index contributed by atoms with van der Waals surface area (Å²) in [7, 11) is 0. The number of ether oxygens (including phenoxy) is 1. The van der Waals surface area contributed by atoms with Crippen molar-refractivity contribution in [2.24, 2.45) is 0 Å². The molecule has 0 aliphatic rings. The van der Waals surface area contributed by atoms with E-state index in [2.05, 4.69) is 5.32 Å². The number of anilines is 1. The largest absolute Gasteiger partial charge is 0.506 e. The number of amides is 1. The van der Waals surface area contributed by atoms with Gasteiger partial charge in [-0.1, -0.05) is 11.6 Å². The van der Waals surface area contributed by atoms with E-state index in [1.165, 1.54) is 12.1 Å². The highest BCUT2D eigenvalue weighted by Crippen LogP contribution is 2.25. The molecule has 94 valence electrons. The average Bonchev–Trinajstić information content (AvgIpc) is 2.20. The lowest BCUT2D eigenvalue weighted by Crippen LogP contribution is -2.27. The smallest absolute Gasteiger partial charge is 0.250 e. The molecule has 0 unspecified atom stereocenters. The van der Waals surface area contributed by atoms with Crippen molar-refractivity contribution in [3.05, 3.63) is 23.2 Å². The van der Waals surface area contributed by atoms with E-state index >= 15 is 0 Å². The van der Waals surface area contributed by atoms with Gasteiger partial charge in [0.2, 0.25) is 5.91 Å². The molecule has 0 saturated carbocycles. The van der Waals surface area contributed by atoms with Gasteiger partial charge in [0.25, 0.3) is 0 Å². The third-order valence-corrected chi connectivity index (χ3v) is 2.17. The maximum absolute atomic E-state index is 11.5. The van der Waals surface area contributed by atoms with E-state index in [4.69, 9.17) is 16.3 Å². The van der Waals surface area contributed by atoms with Gasteiger partial charge in [-0.3, -0.25) is 4.79 Å². The van der Waals surface area contributed by atoms with Crippen molar-refractivity contribution in [1.82, 2.24) is 0 Å². The molecule has 5 heteroatoms. The van der Waals surface area contributed by atoms with Gasteiger partial charge in [0.1, 0.15) is 12.4 Å². The number of nitrogens with one attached hydrogen (secondary N) is 1. The maximum Gasteiger partial charge on any atom is 0.250 e. The van der Waals surface area contributed by atoms with Crippen LogP contribution in [0.25, 0.3) is 0 Å². The van der Waals surface area contributed by atoms with Crippen molar-refractivity contribution >= 4 is 23.2 Å². The van der Waals surface area contributed by atoms with E-state index in [0.717, 1.165) is 0 Å². The van der Waals surface area contributed by atoms with Crippen LogP contribution in [0.15, 0.2) is 18.2 Å². The third-order valence-electron chi connectivity index (χ3n) is 1.87. The number of carbonyl (C=O) groups excluding carboxylic acids is 1. The number of benzene rings is 1. The monoisotopic (exact) mass is 257 g/mol. The summed E-state index contributed by atoms with van der Waals surface area (Å²) in [6.07, 6.45) is 0. The second-order valence-corrected chi connectivity index (χ2v) is 5.02. The summed E-state index contributed by atoms with van der Waals surface area (Å²) in [4.78, 5) is 11.5. The van der Waals surface area contributed by atoms with Crippen molar-refractivity contribution in [3.63, 3.8) is 0 Å². The molecule has 0 radical (unpaired) electrons. The average molecular weight is 258 g/mol. The standard InChI is InChI=1S/C12H16ClNO3/c1-12(2,3)17-7-11(16)14-8-4-5-10(15)9(13)6-8/h4-6,15H,7H2,1-3H3,(H,14,16).